The Morgan fingerprint density at radius 3 is 2.25 bits per heavy atom. The summed E-state index contributed by atoms with van der Waals surface area (Å²) in [7, 11) is 2.77. The minimum absolute atomic E-state index is 0.603. The van der Waals surface area contributed by atoms with Crippen LogP contribution < -0.4 is 0 Å². The van der Waals surface area contributed by atoms with Crippen molar-refractivity contribution in [2.45, 2.75) is 0 Å². The van der Waals surface area contributed by atoms with Gasteiger partial charge in [-0.05, 0) is 6.66 Å². The maximum atomic E-state index is 4.49. The van der Waals surface area contributed by atoms with E-state index in [1.54, 1.807) is 0 Å². The second-order valence-electron chi connectivity index (χ2n) is 0.322. The molecule has 0 radical (unpaired) electrons. The van der Waals surface area contributed by atoms with Crippen LogP contribution >= 0.6 is 18.3 Å². The van der Waals surface area contributed by atoms with Gasteiger partial charge in [-0.1, -0.05) is 0 Å². The van der Waals surface area contributed by atoms with Gasteiger partial charge in [0.15, 0.2) is 0 Å². The van der Waals surface area contributed by atoms with Gasteiger partial charge in [-0.25, -0.2) is 0 Å². The Balaban J connectivity index is 1.97. The molecule has 0 heterocycles. The normalized spacial score (nSPS) is 10.5. The summed E-state index contributed by atoms with van der Waals surface area (Å²) in [6.07, 6.45) is 0. The Labute approximate surface area is 30.3 Å². The van der Waals surface area contributed by atoms with E-state index in [-0.39, 0.29) is 0 Å². The summed E-state index contributed by atoms with van der Waals surface area (Å²) >= 11 is 0. The fourth-order valence-electron chi connectivity index (χ4n) is 0. The highest BCUT2D eigenvalue weighted by molar-refractivity contribution is 7.38. The molecule has 0 bridgehead atoms. The Bertz CT molecular complexity index is 8.00. The molecule has 0 fully saturated rings. The van der Waals surface area contributed by atoms with Crippen LogP contribution in [0.15, 0.2) is 0 Å². The highest BCUT2D eigenvalue weighted by Crippen LogP contribution is 2.07. The largest absolute Gasteiger partial charge is 0.347 e. The standard InChI is InChI=1S/CH6OP2/c1-4-2-3/h4H,3H2,1H3. The molecule has 0 aromatic carbocycles. The van der Waals surface area contributed by atoms with Crippen molar-refractivity contribution in [3.8, 4) is 0 Å². The predicted octanol–water partition coefficient (Wildman–Crippen LogP) is 1.02. The van der Waals surface area contributed by atoms with Gasteiger partial charge in [0.25, 0.3) is 0 Å². The Morgan fingerprint density at radius 1 is 2.00 bits per heavy atom. The third-order valence-electron chi connectivity index (χ3n) is 0.118. The summed E-state index contributed by atoms with van der Waals surface area (Å²) < 4.78 is 4.49. The van der Waals surface area contributed by atoms with Gasteiger partial charge in [-0.3, -0.25) is 0 Å². The van der Waals surface area contributed by atoms with E-state index in [1.807, 2.05) is 6.66 Å². The molecule has 0 amide bonds. The van der Waals surface area contributed by atoms with Crippen molar-refractivity contribution in [1.29, 1.82) is 0 Å². The molecule has 4 heavy (non-hydrogen) atoms. The SMILES string of the molecule is CPOP. The number of hydrogen-bond donors (Lipinski definition) is 0. The average Bonchev–Trinajstić information content (AvgIpc) is 1.37. The van der Waals surface area contributed by atoms with Crippen molar-refractivity contribution in [3.05, 3.63) is 0 Å². The Morgan fingerprint density at radius 2 is 2.25 bits per heavy atom. The summed E-state index contributed by atoms with van der Waals surface area (Å²) in [5, 5.41) is 0. The van der Waals surface area contributed by atoms with Crippen molar-refractivity contribution >= 4 is 18.3 Å². The molecule has 2 atom stereocenters. The van der Waals surface area contributed by atoms with E-state index >= 15 is 0 Å². The van der Waals surface area contributed by atoms with E-state index in [0.717, 1.165) is 0 Å². The Hall–Kier alpha value is 0.820. The Kier molecular flexibility index (Phi) is 4.60. The van der Waals surface area contributed by atoms with Crippen LogP contribution in [0.25, 0.3) is 0 Å². The summed E-state index contributed by atoms with van der Waals surface area (Å²) in [4.78, 5) is 0. The third kappa shape index (κ3) is 2.82. The molecule has 3 heteroatoms. The molecule has 0 aliphatic rings. The predicted molar refractivity (Wildman–Crippen MR) is 25.0 cm³/mol. The molecule has 0 rings (SSSR count). The van der Waals surface area contributed by atoms with Gasteiger partial charge < -0.3 is 4.31 Å². The second kappa shape index (κ2) is 3.82. The van der Waals surface area contributed by atoms with Crippen LogP contribution in [-0.2, 0) is 4.31 Å². The lowest BCUT2D eigenvalue weighted by Gasteiger charge is -1.75. The molecule has 0 N–H and O–H groups in total. The zero-order chi connectivity index (χ0) is 3.41. The van der Waals surface area contributed by atoms with Gasteiger partial charge in [0.2, 0.25) is 0 Å². The van der Waals surface area contributed by atoms with E-state index in [0.29, 0.717) is 8.81 Å². The minimum Gasteiger partial charge on any atom is -0.347 e. The van der Waals surface area contributed by atoms with Crippen LogP contribution in [0, 0.1) is 0 Å². The van der Waals surface area contributed by atoms with Crippen LogP contribution in [0.3, 0.4) is 0 Å². The minimum atomic E-state index is 0.603. The van der Waals surface area contributed by atoms with Gasteiger partial charge in [0, 0.05) is 18.3 Å². The highest BCUT2D eigenvalue weighted by Gasteiger charge is 1.51. The van der Waals surface area contributed by atoms with Gasteiger partial charge in [-0.15, -0.1) is 0 Å². The molecular formula is CH6OP2. The van der Waals surface area contributed by atoms with Gasteiger partial charge >= 0.3 is 0 Å². The van der Waals surface area contributed by atoms with Gasteiger partial charge in [0.1, 0.15) is 0 Å². The quantitative estimate of drug-likeness (QED) is 0.443. The van der Waals surface area contributed by atoms with Crippen LogP contribution in [0.2, 0.25) is 0 Å². The molecule has 0 aromatic rings. The molecule has 0 saturated carbocycles. The summed E-state index contributed by atoms with van der Waals surface area (Å²) in [5.41, 5.74) is 0. The van der Waals surface area contributed by atoms with Crippen molar-refractivity contribution in [2.75, 3.05) is 6.66 Å². The van der Waals surface area contributed by atoms with E-state index < -0.39 is 0 Å². The number of rotatable bonds is 1. The lowest BCUT2D eigenvalue weighted by atomic mass is 12.0. The highest BCUT2D eigenvalue weighted by atomic mass is 31.1. The molecule has 0 saturated heterocycles. The first-order chi connectivity index (χ1) is 1.91. The second-order valence-corrected chi connectivity index (χ2v) is 1.67. The molecule has 0 aromatic heterocycles. The zero-order valence-electron chi connectivity index (χ0n) is 2.49. The van der Waals surface area contributed by atoms with Crippen LogP contribution in [0.5, 0.6) is 0 Å². The van der Waals surface area contributed by atoms with Gasteiger partial charge in [0.05, 0.1) is 0 Å². The molecule has 26 valence electrons. The first-order valence-corrected chi connectivity index (χ1v) is 2.82. The summed E-state index contributed by atoms with van der Waals surface area (Å²) in [6, 6.07) is 0. The van der Waals surface area contributed by atoms with Crippen LogP contribution in [-0.4, -0.2) is 6.66 Å². The van der Waals surface area contributed by atoms with Crippen LogP contribution in [0.1, 0.15) is 0 Å². The molecule has 0 aliphatic heterocycles. The summed E-state index contributed by atoms with van der Waals surface area (Å²) in [5.74, 6) is 0. The first kappa shape index (κ1) is 4.82. The molecule has 0 spiro atoms. The molecule has 1 nitrogen and oxygen atoms in total. The number of hydrogen-bond acceptors (Lipinski definition) is 1. The molecule has 0 aliphatic carbocycles. The average molecular weight is 96.0 g/mol. The zero-order valence-corrected chi connectivity index (χ0v) is 4.64. The monoisotopic (exact) mass is 96.0 g/mol. The van der Waals surface area contributed by atoms with E-state index in [2.05, 4.69) is 13.8 Å². The lowest BCUT2D eigenvalue weighted by molar-refractivity contribution is 0.747. The van der Waals surface area contributed by atoms with E-state index in [9.17, 15) is 0 Å². The molecular weight excluding hydrogens is 90.0 g/mol. The van der Waals surface area contributed by atoms with Crippen molar-refractivity contribution < 1.29 is 4.31 Å². The fourth-order valence-corrected chi connectivity index (χ4v) is 0. The summed E-state index contributed by atoms with van der Waals surface area (Å²) in [6.45, 7) is 1.97. The van der Waals surface area contributed by atoms with E-state index in [1.165, 1.54) is 0 Å². The smallest absolute Gasteiger partial charge is 0.0157 e. The maximum Gasteiger partial charge on any atom is 0.0157 e. The van der Waals surface area contributed by atoms with E-state index in [4.69, 9.17) is 0 Å². The van der Waals surface area contributed by atoms with Gasteiger partial charge in [-0.2, -0.15) is 0 Å². The maximum absolute atomic E-state index is 4.49. The van der Waals surface area contributed by atoms with Crippen molar-refractivity contribution in [3.63, 3.8) is 0 Å². The van der Waals surface area contributed by atoms with Crippen molar-refractivity contribution in [2.24, 2.45) is 0 Å². The lowest BCUT2D eigenvalue weighted by Crippen LogP contribution is -1.31. The first-order valence-electron chi connectivity index (χ1n) is 0.940. The fraction of sp³-hybridized carbons (Fsp3) is 1.00. The third-order valence-corrected chi connectivity index (χ3v) is 1.06. The van der Waals surface area contributed by atoms with Crippen molar-refractivity contribution in [1.82, 2.24) is 0 Å². The van der Waals surface area contributed by atoms with Crippen LogP contribution in [0.4, 0.5) is 0 Å². The topological polar surface area (TPSA) is 9.23 Å². The molecule has 2 unspecified atom stereocenters.